The van der Waals surface area contributed by atoms with Crippen molar-refractivity contribution in [3.8, 4) is 0 Å². The predicted octanol–water partition coefficient (Wildman–Crippen LogP) is 1.19. The molecule has 0 atom stereocenters. The lowest BCUT2D eigenvalue weighted by Crippen LogP contribution is -2.50. The van der Waals surface area contributed by atoms with Gasteiger partial charge in [0.05, 0.1) is 6.61 Å². The first-order chi connectivity index (χ1) is 13.7. The number of rotatable bonds is 8. The summed E-state index contributed by atoms with van der Waals surface area (Å²) in [5.74, 6) is 0.867. The van der Waals surface area contributed by atoms with Crippen molar-refractivity contribution in [3.05, 3.63) is 0 Å². The van der Waals surface area contributed by atoms with Gasteiger partial charge in [0.15, 0.2) is 5.96 Å². The molecule has 0 aromatic carbocycles. The van der Waals surface area contributed by atoms with Gasteiger partial charge in [-0.1, -0.05) is 6.92 Å². The molecule has 2 rings (SSSR count). The molecule has 0 radical (unpaired) electrons. The topological polar surface area (TPSA) is 72.4 Å². The SMILES string of the molecule is CCOC(=O)N1CCC(NC(=NC)NCCCCN2CCN(CC)CC2)CC1. The van der Waals surface area contributed by atoms with Crippen LogP contribution in [0.2, 0.25) is 0 Å². The van der Waals surface area contributed by atoms with E-state index >= 15 is 0 Å². The number of nitrogens with one attached hydrogen (secondary N) is 2. The number of unbranched alkanes of at least 4 members (excludes halogenated alkanes) is 1. The fourth-order valence-electron chi connectivity index (χ4n) is 3.81. The minimum absolute atomic E-state index is 0.195. The molecule has 8 nitrogen and oxygen atoms in total. The number of nitrogens with zero attached hydrogens (tertiary/aromatic N) is 4. The maximum Gasteiger partial charge on any atom is 0.409 e. The van der Waals surface area contributed by atoms with E-state index in [0.29, 0.717) is 12.6 Å². The minimum Gasteiger partial charge on any atom is -0.450 e. The molecule has 0 unspecified atom stereocenters. The Bertz CT molecular complexity index is 471. The number of guanidine groups is 1. The summed E-state index contributed by atoms with van der Waals surface area (Å²) in [6.07, 6.45) is 4.01. The molecule has 28 heavy (non-hydrogen) atoms. The fourth-order valence-corrected chi connectivity index (χ4v) is 3.81. The van der Waals surface area contributed by atoms with Gasteiger partial charge in [0, 0.05) is 58.9 Å². The molecular formula is C20H40N6O2. The lowest BCUT2D eigenvalue weighted by Gasteiger charge is -2.34. The third kappa shape index (κ3) is 7.83. The summed E-state index contributed by atoms with van der Waals surface area (Å²) in [5, 5.41) is 6.92. The molecule has 162 valence electrons. The first kappa shape index (κ1) is 22.7. The van der Waals surface area contributed by atoms with Crippen molar-refractivity contribution in [2.75, 3.05) is 72.6 Å². The van der Waals surface area contributed by atoms with E-state index in [4.69, 9.17) is 4.74 Å². The van der Waals surface area contributed by atoms with Crippen molar-refractivity contribution in [2.24, 2.45) is 4.99 Å². The molecule has 1 amide bonds. The van der Waals surface area contributed by atoms with E-state index in [0.717, 1.165) is 44.9 Å². The highest BCUT2D eigenvalue weighted by molar-refractivity contribution is 5.80. The number of carbonyl (C=O) groups excluding carboxylic acids is 1. The zero-order valence-electron chi connectivity index (χ0n) is 18.1. The Morgan fingerprint density at radius 1 is 1.04 bits per heavy atom. The van der Waals surface area contributed by atoms with E-state index in [1.165, 1.54) is 45.7 Å². The van der Waals surface area contributed by atoms with E-state index in [2.05, 4.69) is 32.3 Å². The second-order valence-electron chi connectivity index (χ2n) is 7.59. The first-order valence-electron chi connectivity index (χ1n) is 11.0. The van der Waals surface area contributed by atoms with E-state index in [-0.39, 0.29) is 6.09 Å². The minimum atomic E-state index is -0.195. The second-order valence-corrected chi connectivity index (χ2v) is 7.59. The van der Waals surface area contributed by atoms with Crippen LogP contribution < -0.4 is 10.6 Å². The normalized spacial score (nSPS) is 20.2. The molecule has 2 N–H and O–H groups in total. The summed E-state index contributed by atoms with van der Waals surface area (Å²) in [6.45, 7) is 14.1. The Morgan fingerprint density at radius 3 is 2.32 bits per heavy atom. The van der Waals surface area contributed by atoms with Gasteiger partial charge in [-0.2, -0.15) is 0 Å². The van der Waals surface area contributed by atoms with E-state index in [1.807, 2.05) is 14.0 Å². The van der Waals surface area contributed by atoms with Gasteiger partial charge in [-0.3, -0.25) is 4.99 Å². The van der Waals surface area contributed by atoms with E-state index < -0.39 is 0 Å². The monoisotopic (exact) mass is 396 g/mol. The predicted molar refractivity (Wildman–Crippen MR) is 114 cm³/mol. The standard InChI is InChI=1S/C20H40N6O2/c1-4-24-14-16-25(17-15-24)11-7-6-10-22-19(21-3)23-18-8-12-26(13-9-18)20(27)28-5-2/h18H,4-17H2,1-3H3,(H2,21,22,23). The zero-order chi connectivity index (χ0) is 20.2. The Balaban J connectivity index is 1.54. The van der Waals surface area contributed by atoms with Gasteiger partial charge in [0.25, 0.3) is 0 Å². The lowest BCUT2D eigenvalue weighted by atomic mass is 10.1. The number of aliphatic imine (C=N–C) groups is 1. The number of likely N-dealkylation sites (N-methyl/N-ethyl adjacent to an activating group) is 1. The highest BCUT2D eigenvalue weighted by Gasteiger charge is 2.24. The van der Waals surface area contributed by atoms with Crippen LogP contribution in [0.15, 0.2) is 4.99 Å². The first-order valence-corrected chi connectivity index (χ1v) is 11.0. The third-order valence-corrected chi connectivity index (χ3v) is 5.69. The van der Waals surface area contributed by atoms with Crippen molar-refractivity contribution in [1.82, 2.24) is 25.3 Å². The molecule has 8 heteroatoms. The van der Waals surface area contributed by atoms with Crippen molar-refractivity contribution in [3.63, 3.8) is 0 Å². The average Bonchev–Trinajstić information content (AvgIpc) is 2.73. The maximum absolute atomic E-state index is 11.8. The molecule has 0 aromatic heterocycles. The summed E-state index contributed by atoms with van der Waals surface area (Å²) in [6, 6.07) is 0.353. The van der Waals surface area contributed by atoms with E-state index in [9.17, 15) is 4.79 Å². The van der Waals surface area contributed by atoms with Crippen LogP contribution in [0.4, 0.5) is 4.79 Å². The molecule has 2 heterocycles. The van der Waals surface area contributed by atoms with Crippen LogP contribution in [-0.4, -0.2) is 105 Å². The Labute approximate surface area is 170 Å². The molecule has 0 saturated carbocycles. The van der Waals surface area contributed by atoms with Crippen LogP contribution in [0.1, 0.15) is 39.5 Å². The summed E-state index contributed by atoms with van der Waals surface area (Å²) in [4.78, 5) is 23.0. The highest BCUT2D eigenvalue weighted by atomic mass is 16.6. The summed E-state index contributed by atoms with van der Waals surface area (Å²) < 4.78 is 5.07. The highest BCUT2D eigenvalue weighted by Crippen LogP contribution is 2.11. The largest absolute Gasteiger partial charge is 0.450 e. The van der Waals surface area contributed by atoms with Gasteiger partial charge < -0.3 is 30.1 Å². The summed E-state index contributed by atoms with van der Waals surface area (Å²) in [5.41, 5.74) is 0. The molecule has 2 fully saturated rings. The van der Waals surface area contributed by atoms with Gasteiger partial charge in [-0.15, -0.1) is 0 Å². The lowest BCUT2D eigenvalue weighted by molar-refractivity contribution is 0.0963. The number of carbonyl (C=O) groups is 1. The average molecular weight is 397 g/mol. The summed E-state index contributed by atoms with van der Waals surface area (Å²) in [7, 11) is 1.82. The second kappa shape index (κ2) is 12.8. The number of amides is 1. The fraction of sp³-hybridized carbons (Fsp3) is 0.900. The smallest absolute Gasteiger partial charge is 0.409 e. The van der Waals surface area contributed by atoms with Crippen LogP contribution >= 0.6 is 0 Å². The van der Waals surface area contributed by atoms with Gasteiger partial charge in [-0.25, -0.2) is 4.79 Å². The van der Waals surface area contributed by atoms with Crippen LogP contribution in [0.3, 0.4) is 0 Å². The molecule has 2 saturated heterocycles. The van der Waals surface area contributed by atoms with Crippen LogP contribution in [0.25, 0.3) is 0 Å². The number of ether oxygens (including phenoxy) is 1. The zero-order valence-corrected chi connectivity index (χ0v) is 18.1. The van der Waals surface area contributed by atoms with Crippen LogP contribution in [0, 0.1) is 0 Å². The molecule has 0 bridgehead atoms. The maximum atomic E-state index is 11.8. The Kier molecular flexibility index (Phi) is 10.4. The van der Waals surface area contributed by atoms with E-state index in [1.54, 1.807) is 4.90 Å². The van der Waals surface area contributed by atoms with Crippen molar-refractivity contribution < 1.29 is 9.53 Å². The number of piperidine rings is 1. The molecule has 0 aliphatic carbocycles. The molecule has 2 aliphatic rings. The van der Waals surface area contributed by atoms with Crippen LogP contribution in [-0.2, 0) is 4.74 Å². The quantitative estimate of drug-likeness (QED) is 0.365. The number of hydrogen-bond donors (Lipinski definition) is 2. The van der Waals surface area contributed by atoms with Gasteiger partial charge in [0.2, 0.25) is 0 Å². The molecule has 0 spiro atoms. The number of piperazine rings is 1. The number of likely N-dealkylation sites (tertiary alicyclic amines) is 1. The van der Waals surface area contributed by atoms with Crippen molar-refractivity contribution in [2.45, 2.75) is 45.6 Å². The van der Waals surface area contributed by atoms with Gasteiger partial charge >= 0.3 is 6.09 Å². The number of hydrogen-bond acceptors (Lipinski definition) is 5. The van der Waals surface area contributed by atoms with Gasteiger partial charge in [0.1, 0.15) is 0 Å². The van der Waals surface area contributed by atoms with Gasteiger partial charge in [-0.05, 0) is 45.7 Å². The Morgan fingerprint density at radius 2 is 1.71 bits per heavy atom. The molecule has 2 aliphatic heterocycles. The molecular weight excluding hydrogens is 356 g/mol. The van der Waals surface area contributed by atoms with Crippen LogP contribution in [0.5, 0.6) is 0 Å². The van der Waals surface area contributed by atoms with Crippen molar-refractivity contribution >= 4 is 12.1 Å². The summed E-state index contributed by atoms with van der Waals surface area (Å²) >= 11 is 0. The van der Waals surface area contributed by atoms with Crippen molar-refractivity contribution in [1.29, 1.82) is 0 Å². The third-order valence-electron chi connectivity index (χ3n) is 5.69. The Hall–Kier alpha value is -1.54. The molecule has 0 aromatic rings.